The second-order valence-electron chi connectivity index (χ2n) is 3.34. The van der Waals surface area contributed by atoms with Gasteiger partial charge in [-0.05, 0) is 11.8 Å². The van der Waals surface area contributed by atoms with Crippen molar-refractivity contribution in [3.05, 3.63) is 0 Å². The molecule has 0 unspecified atom stereocenters. The first kappa shape index (κ1) is 15.0. The summed E-state index contributed by atoms with van der Waals surface area (Å²) in [5.41, 5.74) is -4.32. The lowest BCUT2D eigenvalue weighted by atomic mass is 10.4. The molecule has 102 valence electrons. The van der Waals surface area contributed by atoms with Crippen LogP contribution in [0.2, 0.25) is 0 Å². The molecule has 1 rings (SSSR count). The third-order valence-electron chi connectivity index (χ3n) is 2.07. The predicted octanol–water partition coefficient (Wildman–Crippen LogP) is -0.0210. The van der Waals surface area contributed by atoms with Gasteiger partial charge in [-0.1, -0.05) is 0 Å². The van der Waals surface area contributed by atoms with Crippen molar-refractivity contribution in [3.8, 4) is 0 Å². The smallest absolute Gasteiger partial charge is 0.314 e. The summed E-state index contributed by atoms with van der Waals surface area (Å²) in [7, 11) is -3.64. The summed E-state index contributed by atoms with van der Waals surface area (Å²) in [6.07, 6.45) is 0. The maximum Gasteiger partial charge on any atom is 0.441 e. The third-order valence-corrected chi connectivity index (χ3v) is 4.42. The minimum absolute atomic E-state index is 0.226. The fraction of sp³-hybridized carbons (Fsp3) is 1.00. The number of hydrogen-bond donors (Lipinski definition) is 2. The van der Waals surface area contributed by atoms with Crippen LogP contribution in [-0.2, 0) is 10.2 Å². The number of halogens is 3. The van der Waals surface area contributed by atoms with Crippen molar-refractivity contribution in [1.82, 2.24) is 14.3 Å². The molecule has 0 saturated carbocycles. The molecule has 1 heterocycles. The molecule has 1 saturated heterocycles. The van der Waals surface area contributed by atoms with Gasteiger partial charge in [-0.3, -0.25) is 0 Å². The first-order valence-electron chi connectivity index (χ1n) is 4.97. The number of piperazine rings is 1. The molecule has 10 heteroatoms. The van der Waals surface area contributed by atoms with Gasteiger partial charge < -0.3 is 5.32 Å². The lowest BCUT2D eigenvalue weighted by Gasteiger charge is -2.26. The number of nitrogens with one attached hydrogen (secondary N) is 2. The van der Waals surface area contributed by atoms with E-state index in [1.54, 1.807) is 0 Å². The molecular weight excluding hydrogens is 279 g/mol. The molecule has 0 bridgehead atoms. The van der Waals surface area contributed by atoms with E-state index >= 15 is 0 Å². The highest BCUT2D eigenvalue weighted by Crippen LogP contribution is 2.29. The number of nitrogens with zero attached hydrogens (tertiary/aromatic N) is 1. The van der Waals surface area contributed by atoms with E-state index in [4.69, 9.17) is 0 Å². The van der Waals surface area contributed by atoms with Crippen LogP contribution in [0.25, 0.3) is 0 Å². The van der Waals surface area contributed by atoms with Crippen molar-refractivity contribution >= 4 is 22.0 Å². The van der Waals surface area contributed by atoms with E-state index in [1.807, 2.05) is 0 Å². The van der Waals surface area contributed by atoms with Crippen LogP contribution in [0, 0.1) is 0 Å². The Morgan fingerprint density at radius 2 is 1.88 bits per heavy atom. The summed E-state index contributed by atoms with van der Waals surface area (Å²) >= 11 is -0.237. The standard InChI is InChI=1S/C7H14F3N3O2S2/c8-7(9,10)16-6-3-12-17(14,15)13-4-1-11-2-5-13/h11-12H,1-6H2. The molecule has 17 heavy (non-hydrogen) atoms. The Labute approximate surface area is 102 Å². The van der Waals surface area contributed by atoms with Gasteiger partial charge in [-0.2, -0.15) is 25.9 Å². The zero-order valence-electron chi connectivity index (χ0n) is 8.96. The number of hydrogen-bond acceptors (Lipinski definition) is 4. The molecule has 2 N–H and O–H groups in total. The molecule has 1 aliphatic heterocycles. The molecule has 0 aromatic rings. The number of thioether (sulfide) groups is 1. The van der Waals surface area contributed by atoms with E-state index in [0.717, 1.165) is 0 Å². The highest BCUT2D eigenvalue weighted by atomic mass is 32.2. The summed E-state index contributed by atoms with van der Waals surface area (Å²) in [6, 6.07) is 0. The molecule has 0 aromatic carbocycles. The fourth-order valence-electron chi connectivity index (χ4n) is 1.31. The van der Waals surface area contributed by atoms with Crippen molar-refractivity contribution in [3.63, 3.8) is 0 Å². The second kappa shape index (κ2) is 6.23. The molecule has 1 aliphatic rings. The van der Waals surface area contributed by atoms with Gasteiger partial charge in [0.15, 0.2) is 0 Å². The monoisotopic (exact) mass is 293 g/mol. The lowest BCUT2D eigenvalue weighted by molar-refractivity contribution is -0.0327. The minimum Gasteiger partial charge on any atom is -0.314 e. The normalized spacial score (nSPS) is 19.5. The maximum absolute atomic E-state index is 11.8. The quantitative estimate of drug-likeness (QED) is 0.699. The highest BCUT2D eigenvalue weighted by molar-refractivity contribution is 8.00. The van der Waals surface area contributed by atoms with Gasteiger partial charge in [0.25, 0.3) is 10.2 Å². The van der Waals surface area contributed by atoms with Crippen LogP contribution in [0.15, 0.2) is 0 Å². The van der Waals surface area contributed by atoms with Gasteiger partial charge in [0.05, 0.1) is 0 Å². The van der Waals surface area contributed by atoms with Crippen LogP contribution < -0.4 is 10.0 Å². The van der Waals surface area contributed by atoms with Gasteiger partial charge in [0.2, 0.25) is 0 Å². The van der Waals surface area contributed by atoms with Gasteiger partial charge in [-0.25, -0.2) is 4.72 Å². The summed E-state index contributed by atoms with van der Waals surface area (Å²) < 4.78 is 62.0. The minimum atomic E-state index is -4.32. The number of rotatable bonds is 5. The maximum atomic E-state index is 11.8. The SMILES string of the molecule is O=S(=O)(NCCSC(F)(F)F)N1CCNCC1. The Morgan fingerprint density at radius 1 is 1.29 bits per heavy atom. The fourth-order valence-corrected chi connectivity index (χ4v) is 3.08. The van der Waals surface area contributed by atoms with Gasteiger partial charge in [-0.15, -0.1) is 0 Å². The van der Waals surface area contributed by atoms with Crippen LogP contribution in [0.3, 0.4) is 0 Å². The summed E-state index contributed by atoms with van der Waals surface area (Å²) in [5, 5.41) is 2.99. The topological polar surface area (TPSA) is 61.4 Å². The molecule has 0 aromatic heterocycles. The van der Waals surface area contributed by atoms with E-state index in [1.165, 1.54) is 4.31 Å². The van der Waals surface area contributed by atoms with Gasteiger partial charge in [0, 0.05) is 38.5 Å². The molecule has 0 atom stereocenters. The molecule has 5 nitrogen and oxygen atoms in total. The van der Waals surface area contributed by atoms with Crippen molar-refractivity contribution in [2.45, 2.75) is 5.51 Å². The third kappa shape index (κ3) is 5.91. The van der Waals surface area contributed by atoms with E-state index in [0.29, 0.717) is 26.2 Å². The zero-order chi connectivity index (χ0) is 12.9. The van der Waals surface area contributed by atoms with E-state index in [9.17, 15) is 21.6 Å². The van der Waals surface area contributed by atoms with Crippen LogP contribution in [0.5, 0.6) is 0 Å². The molecule has 0 radical (unpaired) electrons. The van der Waals surface area contributed by atoms with Crippen LogP contribution >= 0.6 is 11.8 Å². The van der Waals surface area contributed by atoms with E-state index in [2.05, 4.69) is 10.0 Å². The van der Waals surface area contributed by atoms with Crippen LogP contribution in [-0.4, -0.2) is 56.7 Å². The summed E-state index contributed by atoms with van der Waals surface area (Å²) in [6.45, 7) is 1.55. The lowest BCUT2D eigenvalue weighted by Crippen LogP contribution is -2.50. The average molecular weight is 293 g/mol. The molecule has 0 amide bonds. The first-order chi connectivity index (χ1) is 7.81. The van der Waals surface area contributed by atoms with Crippen LogP contribution in [0.4, 0.5) is 13.2 Å². The Kier molecular flexibility index (Phi) is 5.51. The predicted molar refractivity (Wildman–Crippen MR) is 59.9 cm³/mol. The van der Waals surface area contributed by atoms with Crippen molar-refractivity contribution in [1.29, 1.82) is 0 Å². The Morgan fingerprint density at radius 3 is 2.41 bits per heavy atom. The second-order valence-corrected chi connectivity index (χ2v) is 6.26. The van der Waals surface area contributed by atoms with Crippen molar-refractivity contribution in [2.24, 2.45) is 0 Å². The van der Waals surface area contributed by atoms with E-state index in [-0.39, 0.29) is 24.1 Å². The Hall–Kier alpha value is -0.0300. The molecule has 1 fully saturated rings. The van der Waals surface area contributed by atoms with Crippen molar-refractivity contribution < 1.29 is 21.6 Å². The average Bonchev–Trinajstić information content (AvgIpc) is 2.25. The summed E-state index contributed by atoms with van der Waals surface area (Å²) in [5.74, 6) is -0.325. The highest BCUT2D eigenvalue weighted by Gasteiger charge is 2.28. The molecule has 0 aliphatic carbocycles. The van der Waals surface area contributed by atoms with Crippen LogP contribution in [0.1, 0.15) is 0 Å². The Bertz CT molecular complexity index is 328. The summed E-state index contributed by atoms with van der Waals surface area (Å²) in [4.78, 5) is 0. The van der Waals surface area contributed by atoms with Crippen molar-refractivity contribution in [2.75, 3.05) is 38.5 Å². The van der Waals surface area contributed by atoms with E-state index < -0.39 is 15.7 Å². The zero-order valence-corrected chi connectivity index (χ0v) is 10.6. The van der Waals surface area contributed by atoms with Gasteiger partial charge >= 0.3 is 5.51 Å². The number of alkyl halides is 3. The Balaban J connectivity index is 2.29. The van der Waals surface area contributed by atoms with Gasteiger partial charge in [0.1, 0.15) is 0 Å². The first-order valence-corrected chi connectivity index (χ1v) is 7.40. The largest absolute Gasteiger partial charge is 0.441 e. The molecule has 0 spiro atoms. The molecular formula is C7H14F3N3O2S2.